The average Bonchev–Trinajstić information content (AvgIpc) is 2.75. The highest BCUT2D eigenvalue weighted by Crippen LogP contribution is 2.17. The third-order valence-corrected chi connectivity index (χ3v) is 3.33. The van der Waals surface area contributed by atoms with Crippen molar-refractivity contribution in [2.45, 2.75) is 6.42 Å². The molecule has 0 radical (unpaired) electrons. The number of hydrogen-bond donors (Lipinski definition) is 2. The lowest BCUT2D eigenvalue weighted by Crippen LogP contribution is -2.12. The van der Waals surface area contributed by atoms with Gasteiger partial charge in [-0.15, -0.1) is 11.3 Å². The lowest BCUT2D eigenvalue weighted by Gasteiger charge is -2.01. The number of hydrogen-bond acceptors (Lipinski definition) is 5. The predicted octanol–water partition coefficient (Wildman–Crippen LogP) is 2.18. The van der Waals surface area contributed by atoms with Crippen LogP contribution in [0.25, 0.3) is 0 Å². The van der Waals surface area contributed by atoms with Gasteiger partial charge in [0, 0.05) is 17.1 Å². The van der Waals surface area contributed by atoms with Gasteiger partial charge in [0.15, 0.2) is 5.13 Å². The van der Waals surface area contributed by atoms with E-state index in [0.717, 1.165) is 0 Å². The van der Waals surface area contributed by atoms with E-state index >= 15 is 0 Å². The van der Waals surface area contributed by atoms with Crippen LogP contribution in [0.15, 0.2) is 28.3 Å². The monoisotopic (exact) mass is 341 g/mol. The molecule has 8 heteroatoms. The van der Waals surface area contributed by atoms with Crippen molar-refractivity contribution < 1.29 is 14.7 Å². The predicted molar refractivity (Wildman–Crippen MR) is 73.3 cm³/mol. The second-order valence-corrected chi connectivity index (χ2v) is 5.21. The van der Waals surface area contributed by atoms with Crippen LogP contribution in [0.3, 0.4) is 0 Å². The van der Waals surface area contributed by atoms with Crippen LogP contribution in [0.5, 0.6) is 0 Å². The number of halogens is 1. The van der Waals surface area contributed by atoms with Gasteiger partial charge in [0.2, 0.25) is 0 Å². The summed E-state index contributed by atoms with van der Waals surface area (Å²) in [5.41, 5.74) is 0.862. The second-order valence-electron chi connectivity index (χ2n) is 3.54. The molecule has 0 aliphatic rings. The summed E-state index contributed by atoms with van der Waals surface area (Å²) >= 11 is 4.36. The van der Waals surface area contributed by atoms with Gasteiger partial charge in [0.05, 0.1) is 12.1 Å². The minimum atomic E-state index is -0.957. The molecule has 0 fully saturated rings. The van der Waals surface area contributed by atoms with Crippen molar-refractivity contribution in [2.75, 3.05) is 5.32 Å². The zero-order chi connectivity index (χ0) is 13.8. The highest BCUT2D eigenvalue weighted by Gasteiger charge is 2.11. The fourth-order valence-electron chi connectivity index (χ4n) is 1.31. The van der Waals surface area contributed by atoms with Crippen LogP contribution in [-0.4, -0.2) is 27.0 Å². The molecule has 0 aliphatic heterocycles. The summed E-state index contributed by atoms with van der Waals surface area (Å²) < 4.78 is 0.561. The van der Waals surface area contributed by atoms with E-state index in [1.54, 1.807) is 17.5 Å². The van der Waals surface area contributed by atoms with Crippen molar-refractivity contribution in [1.82, 2.24) is 9.97 Å². The normalized spacial score (nSPS) is 10.2. The summed E-state index contributed by atoms with van der Waals surface area (Å²) in [7, 11) is 0. The minimum absolute atomic E-state index is 0.160. The Labute approximate surface area is 120 Å². The van der Waals surface area contributed by atoms with Crippen LogP contribution >= 0.6 is 27.3 Å². The number of nitrogens with one attached hydrogen (secondary N) is 1. The van der Waals surface area contributed by atoms with Gasteiger partial charge in [0.25, 0.3) is 5.91 Å². The van der Waals surface area contributed by atoms with Gasteiger partial charge in [-0.2, -0.15) is 0 Å². The van der Waals surface area contributed by atoms with Gasteiger partial charge < -0.3 is 5.11 Å². The Bertz CT molecular complexity index is 629. The van der Waals surface area contributed by atoms with Crippen LogP contribution < -0.4 is 5.32 Å². The molecule has 0 spiro atoms. The number of thiazole rings is 1. The van der Waals surface area contributed by atoms with Crippen molar-refractivity contribution in [3.8, 4) is 0 Å². The van der Waals surface area contributed by atoms with Crippen molar-refractivity contribution in [2.24, 2.45) is 0 Å². The standard InChI is InChI=1S/C11H8BrN3O3S/c12-8-3-6(1-2-13-8)10(18)15-11-14-7(5-19-11)4-9(16)17/h1-3,5H,4H2,(H,16,17)(H,14,15,18). The molecule has 0 atom stereocenters. The first-order valence-electron chi connectivity index (χ1n) is 5.13. The number of aliphatic carboxylic acids is 1. The maximum Gasteiger partial charge on any atom is 0.309 e. The van der Waals surface area contributed by atoms with Crippen LogP contribution in [0.4, 0.5) is 5.13 Å². The Morgan fingerprint density at radius 3 is 2.95 bits per heavy atom. The quantitative estimate of drug-likeness (QED) is 0.831. The van der Waals surface area contributed by atoms with E-state index < -0.39 is 5.97 Å². The van der Waals surface area contributed by atoms with Gasteiger partial charge >= 0.3 is 5.97 Å². The largest absolute Gasteiger partial charge is 0.481 e. The smallest absolute Gasteiger partial charge is 0.309 e. The third kappa shape index (κ3) is 3.83. The molecule has 1 amide bonds. The third-order valence-electron chi connectivity index (χ3n) is 2.09. The summed E-state index contributed by atoms with van der Waals surface area (Å²) in [5, 5.41) is 13.2. The van der Waals surface area contributed by atoms with Gasteiger partial charge in [-0.05, 0) is 28.1 Å². The topological polar surface area (TPSA) is 92.2 Å². The molecule has 0 bridgehead atoms. The van der Waals surface area contributed by atoms with Crippen LogP contribution in [-0.2, 0) is 11.2 Å². The lowest BCUT2D eigenvalue weighted by atomic mass is 10.2. The molecule has 2 aromatic rings. The summed E-state index contributed by atoms with van der Waals surface area (Å²) in [6.07, 6.45) is 1.35. The Hall–Kier alpha value is -1.80. The van der Waals surface area contributed by atoms with Gasteiger partial charge in [-0.25, -0.2) is 9.97 Å². The minimum Gasteiger partial charge on any atom is -0.481 e. The molecule has 0 aliphatic carbocycles. The van der Waals surface area contributed by atoms with Crippen molar-refractivity contribution in [3.63, 3.8) is 0 Å². The van der Waals surface area contributed by atoms with Gasteiger partial charge in [0.1, 0.15) is 4.60 Å². The Morgan fingerprint density at radius 2 is 2.26 bits per heavy atom. The summed E-state index contributed by atoms with van der Waals surface area (Å²) in [6, 6.07) is 3.16. The highest BCUT2D eigenvalue weighted by atomic mass is 79.9. The van der Waals surface area contributed by atoms with Crippen LogP contribution in [0, 0.1) is 0 Å². The molecule has 0 unspecified atom stereocenters. The number of aromatic nitrogens is 2. The summed E-state index contributed by atoms with van der Waals surface area (Å²) in [5.74, 6) is -1.28. The zero-order valence-corrected chi connectivity index (χ0v) is 11.9. The number of anilines is 1. The van der Waals surface area contributed by atoms with E-state index in [0.29, 0.717) is 21.0 Å². The molecule has 2 N–H and O–H groups in total. The lowest BCUT2D eigenvalue weighted by molar-refractivity contribution is -0.136. The molecular formula is C11H8BrN3O3S. The number of pyridine rings is 1. The maximum absolute atomic E-state index is 11.9. The highest BCUT2D eigenvalue weighted by molar-refractivity contribution is 9.10. The van der Waals surface area contributed by atoms with Crippen LogP contribution in [0.1, 0.15) is 16.1 Å². The number of carbonyl (C=O) groups excluding carboxylic acids is 1. The Balaban J connectivity index is 2.06. The van der Waals surface area contributed by atoms with E-state index in [1.165, 1.54) is 17.5 Å². The molecule has 6 nitrogen and oxygen atoms in total. The fourth-order valence-corrected chi connectivity index (χ4v) is 2.38. The maximum atomic E-state index is 11.9. The molecule has 0 saturated carbocycles. The fraction of sp³-hybridized carbons (Fsp3) is 0.0909. The van der Waals surface area contributed by atoms with Gasteiger partial charge in [-0.1, -0.05) is 0 Å². The molecule has 0 aromatic carbocycles. The van der Waals surface area contributed by atoms with Crippen molar-refractivity contribution in [3.05, 3.63) is 39.6 Å². The van der Waals surface area contributed by atoms with E-state index in [2.05, 4.69) is 31.2 Å². The molecule has 19 heavy (non-hydrogen) atoms. The van der Waals surface area contributed by atoms with Gasteiger partial charge in [-0.3, -0.25) is 14.9 Å². The number of carboxylic acids is 1. The summed E-state index contributed by atoms with van der Waals surface area (Å²) in [6.45, 7) is 0. The SMILES string of the molecule is O=C(O)Cc1csc(NC(=O)c2ccnc(Br)c2)n1. The Morgan fingerprint density at radius 1 is 1.47 bits per heavy atom. The Kier molecular flexibility index (Phi) is 4.23. The zero-order valence-electron chi connectivity index (χ0n) is 9.46. The molecule has 0 saturated heterocycles. The number of carboxylic acid groups (broad SMARTS) is 1. The van der Waals surface area contributed by atoms with Crippen LogP contribution in [0.2, 0.25) is 0 Å². The molecule has 2 rings (SSSR count). The van der Waals surface area contributed by atoms with E-state index in [-0.39, 0.29) is 12.3 Å². The number of carbonyl (C=O) groups is 2. The number of nitrogens with zero attached hydrogens (tertiary/aromatic N) is 2. The first-order valence-corrected chi connectivity index (χ1v) is 6.81. The molecule has 2 heterocycles. The summed E-state index contributed by atoms with van der Waals surface area (Å²) in [4.78, 5) is 30.4. The second kappa shape index (κ2) is 5.89. The van der Waals surface area contributed by atoms with E-state index in [9.17, 15) is 9.59 Å². The molecular weight excluding hydrogens is 334 g/mol. The number of amides is 1. The first-order chi connectivity index (χ1) is 9.04. The van der Waals surface area contributed by atoms with Crippen molar-refractivity contribution in [1.29, 1.82) is 0 Å². The average molecular weight is 342 g/mol. The molecule has 2 aromatic heterocycles. The van der Waals surface area contributed by atoms with E-state index in [4.69, 9.17) is 5.11 Å². The first kappa shape index (κ1) is 13.6. The molecule has 98 valence electrons. The van der Waals surface area contributed by atoms with E-state index in [1.807, 2.05) is 0 Å². The number of rotatable bonds is 4. The van der Waals surface area contributed by atoms with Crippen molar-refractivity contribution >= 4 is 44.3 Å².